The van der Waals surface area contributed by atoms with E-state index in [1.54, 1.807) is 30.3 Å². The van der Waals surface area contributed by atoms with Crippen molar-refractivity contribution in [1.29, 1.82) is 0 Å². The molecule has 0 aliphatic carbocycles. The largest absolute Gasteiger partial charge is 0.497 e. The number of amides is 1. The minimum absolute atomic E-state index is 0.00952. The van der Waals surface area contributed by atoms with E-state index in [0.717, 1.165) is 0 Å². The van der Waals surface area contributed by atoms with Crippen LogP contribution in [-0.2, 0) is 9.53 Å². The van der Waals surface area contributed by atoms with E-state index in [0.29, 0.717) is 11.5 Å². The number of ether oxygens (including phenoxy) is 4. The number of carbonyl (C=O) groups is 3. The molecule has 0 aliphatic heterocycles. The number of esters is 1. The Morgan fingerprint density at radius 3 is 2.29 bits per heavy atom. The predicted octanol–water partition coefficient (Wildman–Crippen LogP) is 3.90. The molecule has 0 unspecified atom stereocenters. The number of ketones is 1. The van der Waals surface area contributed by atoms with Crippen LogP contribution in [-0.4, -0.2) is 45.1 Å². The van der Waals surface area contributed by atoms with Gasteiger partial charge in [-0.25, -0.2) is 9.18 Å². The average molecular weight is 467 g/mol. The number of Topliss-reactive ketones (excluding diaryl/α,β-unsaturated/α-hetero) is 1. The van der Waals surface area contributed by atoms with Crippen LogP contribution in [0, 0.1) is 5.82 Å². The minimum atomic E-state index is -0.819. The van der Waals surface area contributed by atoms with Gasteiger partial charge in [-0.3, -0.25) is 9.59 Å². The number of hydrogen-bond acceptors (Lipinski definition) is 7. The maximum Gasteiger partial charge on any atom is 0.342 e. The van der Waals surface area contributed by atoms with E-state index in [1.165, 1.54) is 50.6 Å². The molecule has 0 spiro atoms. The smallest absolute Gasteiger partial charge is 0.342 e. The molecule has 8 nitrogen and oxygen atoms in total. The van der Waals surface area contributed by atoms with Crippen LogP contribution in [0.2, 0.25) is 0 Å². The van der Waals surface area contributed by atoms with E-state index in [-0.39, 0.29) is 22.6 Å². The molecule has 0 heterocycles. The zero-order chi connectivity index (χ0) is 24.5. The maximum absolute atomic E-state index is 13.7. The highest BCUT2D eigenvalue weighted by atomic mass is 19.1. The van der Waals surface area contributed by atoms with Crippen molar-refractivity contribution < 1.29 is 37.7 Å². The van der Waals surface area contributed by atoms with Crippen molar-refractivity contribution in [1.82, 2.24) is 0 Å². The monoisotopic (exact) mass is 467 g/mol. The first kappa shape index (κ1) is 24.2. The summed E-state index contributed by atoms with van der Waals surface area (Å²) < 4.78 is 34.6. The number of rotatable bonds is 10. The van der Waals surface area contributed by atoms with Crippen LogP contribution in [0.15, 0.2) is 66.7 Å². The highest BCUT2D eigenvalue weighted by molar-refractivity contribution is 6.02. The molecule has 0 aliphatic rings. The van der Waals surface area contributed by atoms with Crippen molar-refractivity contribution in [2.45, 2.75) is 0 Å². The number of halogens is 1. The van der Waals surface area contributed by atoms with Crippen molar-refractivity contribution >= 4 is 23.3 Å². The van der Waals surface area contributed by atoms with Gasteiger partial charge in [-0.2, -0.15) is 0 Å². The number of para-hydroxylation sites is 2. The Kier molecular flexibility index (Phi) is 8.17. The van der Waals surface area contributed by atoms with Gasteiger partial charge in [0.1, 0.15) is 28.6 Å². The standard InChI is InChI=1S/C25H22FNO7/c1-31-16-11-12-22(32-2)18(13-16)21(28)14-34-25(30)17-7-3-6-10-23(17)33-15-24(29)27-20-9-5-4-8-19(20)26/h3-13H,14-15H2,1-2H3,(H,27,29). The average Bonchev–Trinajstić information content (AvgIpc) is 2.87. The summed E-state index contributed by atoms with van der Waals surface area (Å²) in [6.45, 7) is -1.02. The zero-order valence-electron chi connectivity index (χ0n) is 18.5. The van der Waals surface area contributed by atoms with Crippen LogP contribution >= 0.6 is 0 Å². The van der Waals surface area contributed by atoms with E-state index < -0.39 is 36.7 Å². The van der Waals surface area contributed by atoms with Crippen LogP contribution < -0.4 is 19.5 Å². The maximum atomic E-state index is 13.7. The summed E-state index contributed by atoms with van der Waals surface area (Å²) in [7, 11) is 2.88. The van der Waals surface area contributed by atoms with Crippen molar-refractivity contribution in [2.24, 2.45) is 0 Å². The molecule has 0 fully saturated rings. The van der Waals surface area contributed by atoms with Gasteiger partial charge in [0, 0.05) is 0 Å². The number of carbonyl (C=O) groups excluding carboxylic acids is 3. The molecular weight excluding hydrogens is 445 g/mol. The lowest BCUT2D eigenvalue weighted by atomic mass is 10.1. The highest BCUT2D eigenvalue weighted by Gasteiger charge is 2.19. The van der Waals surface area contributed by atoms with Crippen molar-refractivity contribution in [2.75, 3.05) is 32.8 Å². The molecule has 176 valence electrons. The second-order valence-corrected chi connectivity index (χ2v) is 6.88. The summed E-state index contributed by atoms with van der Waals surface area (Å²) >= 11 is 0. The van der Waals surface area contributed by atoms with Gasteiger partial charge in [0.15, 0.2) is 13.2 Å². The molecule has 0 saturated carbocycles. The molecule has 3 rings (SSSR count). The third-order valence-corrected chi connectivity index (χ3v) is 4.66. The van der Waals surface area contributed by atoms with E-state index in [1.807, 2.05) is 0 Å². The Morgan fingerprint density at radius 2 is 1.56 bits per heavy atom. The second-order valence-electron chi connectivity index (χ2n) is 6.88. The Hall–Kier alpha value is -4.40. The molecule has 0 bridgehead atoms. The second kappa shape index (κ2) is 11.5. The van der Waals surface area contributed by atoms with E-state index in [9.17, 15) is 18.8 Å². The molecule has 3 aromatic rings. The minimum Gasteiger partial charge on any atom is -0.497 e. The SMILES string of the molecule is COc1ccc(OC)c(C(=O)COC(=O)c2ccccc2OCC(=O)Nc2ccccc2F)c1. The quantitative estimate of drug-likeness (QED) is 0.357. The van der Waals surface area contributed by atoms with Gasteiger partial charge in [0.25, 0.3) is 5.91 Å². The van der Waals surface area contributed by atoms with E-state index in [4.69, 9.17) is 18.9 Å². The fourth-order valence-electron chi connectivity index (χ4n) is 2.97. The zero-order valence-corrected chi connectivity index (χ0v) is 18.5. The lowest BCUT2D eigenvalue weighted by Gasteiger charge is -2.12. The molecule has 0 radical (unpaired) electrons. The fourth-order valence-corrected chi connectivity index (χ4v) is 2.97. The van der Waals surface area contributed by atoms with Crippen molar-refractivity contribution in [3.05, 3.63) is 83.7 Å². The Morgan fingerprint density at radius 1 is 0.824 bits per heavy atom. The van der Waals surface area contributed by atoms with Crippen LogP contribution in [0.4, 0.5) is 10.1 Å². The van der Waals surface area contributed by atoms with Gasteiger partial charge < -0.3 is 24.3 Å². The predicted molar refractivity (Wildman–Crippen MR) is 121 cm³/mol. The van der Waals surface area contributed by atoms with Crippen LogP contribution in [0.25, 0.3) is 0 Å². The lowest BCUT2D eigenvalue weighted by Crippen LogP contribution is -2.22. The van der Waals surface area contributed by atoms with Gasteiger partial charge in [-0.1, -0.05) is 24.3 Å². The van der Waals surface area contributed by atoms with Crippen molar-refractivity contribution in [3.8, 4) is 17.2 Å². The van der Waals surface area contributed by atoms with E-state index in [2.05, 4.69) is 5.32 Å². The first-order chi connectivity index (χ1) is 16.4. The van der Waals surface area contributed by atoms with Gasteiger partial charge in [0.05, 0.1) is 25.5 Å². The molecule has 0 saturated heterocycles. The first-order valence-corrected chi connectivity index (χ1v) is 10.1. The summed E-state index contributed by atoms with van der Waals surface area (Å²) in [5.74, 6) is -1.69. The van der Waals surface area contributed by atoms with Gasteiger partial charge in [-0.05, 0) is 42.5 Å². The molecule has 1 amide bonds. The number of methoxy groups -OCH3 is 2. The third-order valence-electron chi connectivity index (χ3n) is 4.66. The Labute approximate surface area is 195 Å². The summed E-state index contributed by atoms with van der Waals surface area (Å²) in [6, 6.07) is 16.5. The van der Waals surface area contributed by atoms with Gasteiger partial charge >= 0.3 is 5.97 Å². The fraction of sp³-hybridized carbons (Fsp3) is 0.160. The topological polar surface area (TPSA) is 100 Å². The summed E-state index contributed by atoms with van der Waals surface area (Å²) in [5.41, 5.74) is 0.228. The van der Waals surface area contributed by atoms with Crippen molar-refractivity contribution in [3.63, 3.8) is 0 Å². The number of hydrogen-bond donors (Lipinski definition) is 1. The molecule has 9 heteroatoms. The molecular formula is C25H22FNO7. The number of anilines is 1. The molecule has 0 aromatic heterocycles. The Balaban J connectivity index is 1.62. The van der Waals surface area contributed by atoms with Gasteiger partial charge in [0.2, 0.25) is 5.78 Å². The number of nitrogens with one attached hydrogen (secondary N) is 1. The van der Waals surface area contributed by atoms with Gasteiger partial charge in [-0.15, -0.1) is 0 Å². The first-order valence-electron chi connectivity index (χ1n) is 10.1. The molecule has 1 N–H and O–H groups in total. The Bertz CT molecular complexity index is 1200. The summed E-state index contributed by atoms with van der Waals surface area (Å²) in [6.07, 6.45) is 0. The van der Waals surface area contributed by atoms with Crippen LogP contribution in [0.1, 0.15) is 20.7 Å². The number of benzene rings is 3. The normalized spacial score (nSPS) is 10.2. The van der Waals surface area contributed by atoms with Crippen LogP contribution in [0.3, 0.4) is 0 Å². The third kappa shape index (κ3) is 6.10. The summed E-state index contributed by atoms with van der Waals surface area (Å²) in [4.78, 5) is 37.3. The molecule has 3 aromatic carbocycles. The lowest BCUT2D eigenvalue weighted by molar-refractivity contribution is -0.118. The molecule has 34 heavy (non-hydrogen) atoms. The highest BCUT2D eigenvalue weighted by Crippen LogP contribution is 2.25. The van der Waals surface area contributed by atoms with E-state index >= 15 is 0 Å². The summed E-state index contributed by atoms with van der Waals surface area (Å²) in [5, 5.41) is 2.39. The molecule has 0 atom stereocenters. The van der Waals surface area contributed by atoms with Crippen LogP contribution in [0.5, 0.6) is 17.2 Å².